The van der Waals surface area contributed by atoms with E-state index in [9.17, 15) is 5.21 Å². The molecule has 0 aliphatic carbocycles. The lowest BCUT2D eigenvalue weighted by Gasteiger charge is -2.02. The minimum atomic E-state index is 0.708. The number of hydroxylamine groups is 1. The molecule has 0 aromatic carbocycles. The summed E-state index contributed by atoms with van der Waals surface area (Å²) in [7, 11) is 0. The van der Waals surface area contributed by atoms with Crippen LogP contribution in [0.5, 0.6) is 0 Å². The van der Waals surface area contributed by atoms with Crippen molar-refractivity contribution in [1.29, 1.82) is 0 Å². The standard InChI is InChI=1S/C10H19NO/c12-11-9-7-5-3-1-2-4-6-8-10-11/h9H,1-8,10H2/b11-9+. The van der Waals surface area contributed by atoms with Gasteiger partial charge in [0.25, 0.3) is 0 Å². The van der Waals surface area contributed by atoms with Crippen molar-refractivity contribution in [2.75, 3.05) is 6.54 Å². The van der Waals surface area contributed by atoms with Crippen LogP contribution in [-0.2, 0) is 0 Å². The summed E-state index contributed by atoms with van der Waals surface area (Å²) in [6, 6.07) is 0. The van der Waals surface area contributed by atoms with Crippen LogP contribution in [0.1, 0.15) is 51.4 Å². The second-order valence-corrected chi connectivity index (χ2v) is 3.59. The first-order chi connectivity index (χ1) is 5.89. The van der Waals surface area contributed by atoms with Crippen molar-refractivity contribution in [3.05, 3.63) is 5.21 Å². The van der Waals surface area contributed by atoms with E-state index in [0.29, 0.717) is 6.54 Å². The van der Waals surface area contributed by atoms with E-state index in [2.05, 4.69) is 0 Å². The summed E-state index contributed by atoms with van der Waals surface area (Å²) < 4.78 is 1.12. The molecule has 0 fully saturated rings. The highest BCUT2D eigenvalue weighted by atomic mass is 16.5. The van der Waals surface area contributed by atoms with Gasteiger partial charge in [-0.15, -0.1) is 0 Å². The first-order valence-corrected chi connectivity index (χ1v) is 5.17. The summed E-state index contributed by atoms with van der Waals surface area (Å²) in [6.07, 6.45) is 11.6. The van der Waals surface area contributed by atoms with Crippen molar-refractivity contribution in [2.24, 2.45) is 0 Å². The fourth-order valence-electron chi connectivity index (χ4n) is 1.62. The van der Waals surface area contributed by atoms with Gasteiger partial charge in [0, 0.05) is 12.8 Å². The second kappa shape index (κ2) is 6.04. The molecule has 0 aromatic rings. The van der Waals surface area contributed by atoms with Crippen LogP contribution in [0.4, 0.5) is 0 Å². The molecule has 2 nitrogen and oxygen atoms in total. The molecule has 0 radical (unpaired) electrons. The molecule has 0 amide bonds. The molecule has 2 heteroatoms. The summed E-state index contributed by atoms with van der Waals surface area (Å²) in [5.74, 6) is 0. The lowest BCUT2D eigenvalue weighted by molar-refractivity contribution is -0.454. The summed E-state index contributed by atoms with van der Waals surface area (Å²) >= 11 is 0. The van der Waals surface area contributed by atoms with Gasteiger partial charge in [-0.1, -0.05) is 25.7 Å². The van der Waals surface area contributed by atoms with Crippen LogP contribution in [0.3, 0.4) is 0 Å². The normalized spacial score (nSPS) is 26.8. The van der Waals surface area contributed by atoms with E-state index >= 15 is 0 Å². The highest BCUT2D eigenvalue weighted by Gasteiger charge is 1.98. The smallest absolute Gasteiger partial charge is 0.153 e. The molecule has 0 aromatic heterocycles. The molecular weight excluding hydrogens is 150 g/mol. The van der Waals surface area contributed by atoms with Crippen molar-refractivity contribution in [3.63, 3.8) is 0 Å². The van der Waals surface area contributed by atoms with E-state index in [-0.39, 0.29) is 0 Å². The molecule has 0 spiro atoms. The van der Waals surface area contributed by atoms with Gasteiger partial charge in [0.2, 0.25) is 0 Å². The fourth-order valence-corrected chi connectivity index (χ4v) is 1.62. The molecule has 0 saturated heterocycles. The van der Waals surface area contributed by atoms with Gasteiger partial charge in [-0.3, -0.25) is 0 Å². The molecule has 1 heterocycles. The van der Waals surface area contributed by atoms with Crippen LogP contribution in [-0.4, -0.2) is 17.5 Å². The van der Waals surface area contributed by atoms with Gasteiger partial charge in [-0.25, -0.2) is 4.74 Å². The summed E-state index contributed by atoms with van der Waals surface area (Å²) in [5, 5.41) is 11.1. The van der Waals surface area contributed by atoms with Crippen LogP contribution in [0.2, 0.25) is 0 Å². The molecule has 12 heavy (non-hydrogen) atoms. The average molecular weight is 169 g/mol. The Balaban J connectivity index is 2.25. The summed E-state index contributed by atoms with van der Waals surface area (Å²) in [5.41, 5.74) is 0. The lowest BCUT2D eigenvalue weighted by atomic mass is 10.1. The molecule has 1 aliphatic rings. The van der Waals surface area contributed by atoms with E-state index in [4.69, 9.17) is 0 Å². The Morgan fingerprint density at radius 2 is 1.42 bits per heavy atom. The maximum absolute atomic E-state index is 11.1. The maximum Gasteiger partial charge on any atom is 0.153 e. The zero-order valence-electron chi connectivity index (χ0n) is 7.80. The van der Waals surface area contributed by atoms with Crippen molar-refractivity contribution in [1.82, 2.24) is 0 Å². The molecule has 1 aliphatic heterocycles. The molecular formula is C10H19NO. The Morgan fingerprint density at radius 1 is 0.833 bits per heavy atom. The predicted molar refractivity (Wildman–Crippen MR) is 51.5 cm³/mol. The molecule has 0 bridgehead atoms. The molecule has 0 N–H and O–H groups in total. The largest absolute Gasteiger partial charge is 0.624 e. The summed E-state index contributed by atoms with van der Waals surface area (Å²) in [6.45, 7) is 0.708. The van der Waals surface area contributed by atoms with Crippen LogP contribution in [0.15, 0.2) is 0 Å². The third kappa shape index (κ3) is 4.37. The summed E-state index contributed by atoms with van der Waals surface area (Å²) in [4.78, 5) is 0. The highest BCUT2D eigenvalue weighted by Crippen LogP contribution is 2.09. The first-order valence-electron chi connectivity index (χ1n) is 5.17. The van der Waals surface area contributed by atoms with Crippen LogP contribution in [0.25, 0.3) is 0 Å². The zero-order valence-corrected chi connectivity index (χ0v) is 7.80. The van der Waals surface area contributed by atoms with E-state index in [1.165, 1.54) is 38.5 Å². The van der Waals surface area contributed by atoms with Gasteiger partial charge in [-0.05, 0) is 12.8 Å². The van der Waals surface area contributed by atoms with Crippen LogP contribution in [0, 0.1) is 5.21 Å². The van der Waals surface area contributed by atoms with Gasteiger partial charge in [0.05, 0.1) is 0 Å². The average Bonchev–Trinajstić information content (AvgIpc) is 2.11. The van der Waals surface area contributed by atoms with Gasteiger partial charge < -0.3 is 5.21 Å². The van der Waals surface area contributed by atoms with Gasteiger partial charge in [0.1, 0.15) is 0 Å². The van der Waals surface area contributed by atoms with E-state index in [1.807, 2.05) is 6.21 Å². The van der Waals surface area contributed by atoms with E-state index in [0.717, 1.165) is 17.6 Å². The monoisotopic (exact) mass is 169 g/mol. The van der Waals surface area contributed by atoms with Crippen LogP contribution >= 0.6 is 0 Å². The minimum absolute atomic E-state index is 0.708. The number of hydrogen-bond acceptors (Lipinski definition) is 1. The Morgan fingerprint density at radius 3 is 2.17 bits per heavy atom. The van der Waals surface area contributed by atoms with Crippen molar-refractivity contribution in [2.45, 2.75) is 51.4 Å². The van der Waals surface area contributed by atoms with E-state index < -0.39 is 0 Å². The van der Waals surface area contributed by atoms with Gasteiger partial charge in [0.15, 0.2) is 12.8 Å². The van der Waals surface area contributed by atoms with Crippen molar-refractivity contribution in [3.8, 4) is 0 Å². The molecule has 0 saturated carbocycles. The minimum Gasteiger partial charge on any atom is -0.624 e. The SMILES string of the molecule is [O-]/[N+]1=C/CCCCCCCCC1. The van der Waals surface area contributed by atoms with Crippen LogP contribution < -0.4 is 0 Å². The molecule has 70 valence electrons. The number of rotatable bonds is 0. The quantitative estimate of drug-likeness (QED) is 0.404. The molecule has 0 atom stereocenters. The Bertz CT molecular complexity index is 143. The van der Waals surface area contributed by atoms with Gasteiger partial charge >= 0.3 is 0 Å². The number of hydrogen-bond donors (Lipinski definition) is 0. The molecule has 1 rings (SSSR count). The maximum atomic E-state index is 11.1. The lowest BCUT2D eigenvalue weighted by Crippen LogP contribution is -2.06. The highest BCUT2D eigenvalue weighted by molar-refractivity contribution is 5.50. The topological polar surface area (TPSA) is 26.1 Å². The Hall–Kier alpha value is -0.530. The zero-order chi connectivity index (χ0) is 8.65. The Kier molecular flexibility index (Phi) is 4.81. The first kappa shape index (κ1) is 9.56. The van der Waals surface area contributed by atoms with Crippen molar-refractivity contribution >= 4 is 6.21 Å². The third-order valence-electron chi connectivity index (χ3n) is 2.42. The fraction of sp³-hybridized carbons (Fsp3) is 0.900. The number of nitrogens with zero attached hydrogens (tertiary/aromatic N) is 1. The van der Waals surface area contributed by atoms with Crippen molar-refractivity contribution < 1.29 is 4.74 Å². The predicted octanol–water partition coefficient (Wildman–Crippen LogP) is 2.70. The van der Waals surface area contributed by atoms with E-state index in [1.54, 1.807) is 0 Å². The molecule has 0 unspecified atom stereocenters. The Labute approximate surface area is 74.9 Å². The van der Waals surface area contributed by atoms with Gasteiger partial charge in [-0.2, -0.15) is 0 Å². The third-order valence-corrected chi connectivity index (χ3v) is 2.42. The second-order valence-electron chi connectivity index (χ2n) is 3.59.